The minimum absolute atomic E-state index is 0.0148. The van der Waals surface area contributed by atoms with Gasteiger partial charge >= 0.3 is 5.97 Å². The SMILES string of the molecule is C=CCOC(C)C(=O)OCC(=O)N1CCCCCC1c1ccc(OC)cc1. The summed E-state index contributed by atoms with van der Waals surface area (Å²) in [5, 5.41) is 0. The number of hydrogen-bond donors (Lipinski definition) is 0. The van der Waals surface area contributed by atoms with Gasteiger partial charge in [0.15, 0.2) is 12.7 Å². The number of rotatable bonds is 8. The van der Waals surface area contributed by atoms with Crippen LogP contribution in [0.5, 0.6) is 5.75 Å². The molecule has 1 saturated heterocycles. The highest BCUT2D eigenvalue weighted by atomic mass is 16.6. The number of nitrogens with zero attached hydrogens (tertiary/aromatic N) is 1. The van der Waals surface area contributed by atoms with Crippen molar-refractivity contribution in [3.8, 4) is 5.75 Å². The number of methoxy groups -OCH3 is 1. The van der Waals surface area contributed by atoms with Gasteiger partial charge in [-0.25, -0.2) is 4.79 Å². The van der Waals surface area contributed by atoms with Crippen LogP contribution in [0.1, 0.15) is 44.2 Å². The zero-order valence-corrected chi connectivity index (χ0v) is 16.2. The Labute approximate surface area is 161 Å². The first-order valence-corrected chi connectivity index (χ1v) is 9.39. The van der Waals surface area contributed by atoms with Crippen molar-refractivity contribution < 1.29 is 23.8 Å². The van der Waals surface area contributed by atoms with Gasteiger partial charge in [0.25, 0.3) is 5.91 Å². The molecule has 1 fully saturated rings. The van der Waals surface area contributed by atoms with Crippen LogP contribution in [0, 0.1) is 0 Å². The summed E-state index contributed by atoms with van der Waals surface area (Å²) >= 11 is 0. The number of esters is 1. The third-order valence-corrected chi connectivity index (χ3v) is 4.71. The minimum Gasteiger partial charge on any atom is -0.497 e. The lowest BCUT2D eigenvalue weighted by Crippen LogP contribution is -2.38. The van der Waals surface area contributed by atoms with Gasteiger partial charge in [0, 0.05) is 6.54 Å². The molecule has 6 nitrogen and oxygen atoms in total. The monoisotopic (exact) mass is 375 g/mol. The zero-order valence-electron chi connectivity index (χ0n) is 16.2. The summed E-state index contributed by atoms with van der Waals surface area (Å²) < 4.78 is 15.6. The van der Waals surface area contributed by atoms with Crippen molar-refractivity contribution in [2.75, 3.05) is 26.9 Å². The predicted molar refractivity (Wildman–Crippen MR) is 102 cm³/mol. The molecule has 1 amide bonds. The molecule has 0 spiro atoms. The predicted octanol–water partition coefficient (Wildman–Crippen LogP) is 3.27. The van der Waals surface area contributed by atoms with Gasteiger partial charge in [0.2, 0.25) is 0 Å². The summed E-state index contributed by atoms with van der Waals surface area (Å²) in [6.45, 7) is 5.79. The van der Waals surface area contributed by atoms with Crippen LogP contribution in [0.25, 0.3) is 0 Å². The Kier molecular flexibility index (Phi) is 8.33. The first-order chi connectivity index (χ1) is 13.1. The molecule has 0 bridgehead atoms. The summed E-state index contributed by atoms with van der Waals surface area (Å²) in [7, 11) is 1.63. The molecule has 27 heavy (non-hydrogen) atoms. The summed E-state index contributed by atoms with van der Waals surface area (Å²) in [6.07, 6.45) is 4.83. The highest BCUT2D eigenvalue weighted by Gasteiger charge is 2.28. The van der Waals surface area contributed by atoms with Gasteiger partial charge in [-0.15, -0.1) is 6.58 Å². The molecule has 1 aliphatic rings. The second-order valence-electron chi connectivity index (χ2n) is 6.60. The Hall–Kier alpha value is -2.34. The number of carbonyl (C=O) groups is 2. The molecule has 0 N–H and O–H groups in total. The van der Waals surface area contributed by atoms with E-state index in [0.717, 1.165) is 37.0 Å². The van der Waals surface area contributed by atoms with Crippen molar-refractivity contribution in [2.45, 2.75) is 44.8 Å². The molecule has 1 aromatic rings. The van der Waals surface area contributed by atoms with Crippen LogP contribution < -0.4 is 4.74 Å². The molecular formula is C21H29NO5. The molecule has 2 unspecified atom stereocenters. The smallest absolute Gasteiger partial charge is 0.335 e. The number of ether oxygens (including phenoxy) is 3. The second kappa shape index (κ2) is 10.7. The third-order valence-electron chi connectivity index (χ3n) is 4.71. The maximum absolute atomic E-state index is 12.8. The molecular weight excluding hydrogens is 346 g/mol. The molecule has 2 rings (SSSR count). The van der Waals surface area contributed by atoms with Crippen LogP contribution in [0.2, 0.25) is 0 Å². The second-order valence-corrected chi connectivity index (χ2v) is 6.60. The van der Waals surface area contributed by atoms with Crippen LogP contribution in [-0.2, 0) is 19.1 Å². The van der Waals surface area contributed by atoms with E-state index >= 15 is 0 Å². The van der Waals surface area contributed by atoms with Gasteiger partial charge < -0.3 is 19.1 Å². The molecule has 0 aliphatic carbocycles. The molecule has 6 heteroatoms. The Morgan fingerprint density at radius 3 is 2.67 bits per heavy atom. The Morgan fingerprint density at radius 2 is 2.00 bits per heavy atom. The van der Waals surface area contributed by atoms with E-state index in [-0.39, 0.29) is 25.2 Å². The van der Waals surface area contributed by atoms with E-state index in [0.29, 0.717) is 6.54 Å². The van der Waals surface area contributed by atoms with Crippen LogP contribution in [0.3, 0.4) is 0 Å². The van der Waals surface area contributed by atoms with Crippen LogP contribution in [-0.4, -0.2) is 49.7 Å². The molecule has 148 valence electrons. The van der Waals surface area contributed by atoms with Crippen LogP contribution in [0.4, 0.5) is 0 Å². The van der Waals surface area contributed by atoms with Gasteiger partial charge in [-0.3, -0.25) is 4.79 Å². The summed E-state index contributed by atoms with van der Waals surface area (Å²) in [4.78, 5) is 26.6. The van der Waals surface area contributed by atoms with E-state index in [1.807, 2.05) is 29.2 Å². The lowest BCUT2D eigenvalue weighted by Gasteiger charge is -2.30. The van der Waals surface area contributed by atoms with E-state index in [9.17, 15) is 9.59 Å². The Bertz CT molecular complexity index is 628. The fourth-order valence-corrected chi connectivity index (χ4v) is 3.19. The van der Waals surface area contributed by atoms with Crippen molar-refractivity contribution >= 4 is 11.9 Å². The molecule has 0 aromatic heterocycles. The molecule has 1 heterocycles. The highest BCUT2D eigenvalue weighted by molar-refractivity contribution is 5.82. The normalized spacial score (nSPS) is 18.3. The quantitative estimate of drug-likeness (QED) is 0.515. The lowest BCUT2D eigenvalue weighted by atomic mass is 10.0. The first kappa shape index (κ1) is 21.0. The maximum Gasteiger partial charge on any atom is 0.335 e. The molecule has 2 atom stereocenters. The van der Waals surface area contributed by atoms with Gasteiger partial charge in [-0.1, -0.05) is 31.1 Å². The lowest BCUT2D eigenvalue weighted by molar-refractivity contribution is -0.161. The summed E-state index contributed by atoms with van der Waals surface area (Å²) in [5.74, 6) is 0.0655. The minimum atomic E-state index is -0.725. The average molecular weight is 375 g/mol. The van der Waals surface area contributed by atoms with E-state index in [1.54, 1.807) is 20.1 Å². The number of likely N-dealkylation sites (tertiary alicyclic amines) is 1. The van der Waals surface area contributed by atoms with E-state index in [4.69, 9.17) is 14.2 Å². The maximum atomic E-state index is 12.8. The topological polar surface area (TPSA) is 65.1 Å². The van der Waals surface area contributed by atoms with E-state index in [1.165, 1.54) is 0 Å². The fourth-order valence-electron chi connectivity index (χ4n) is 3.19. The molecule has 1 aromatic carbocycles. The third kappa shape index (κ3) is 6.10. The van der Waals surface area contributed by atoms with Gasteiger partial charge in [0.1, 0.15) is 5.75 Å². The Balaban J connectivity index is 2.01. The summed E-state index contributed by atoms with van der Waals surface area (Å²) in [5.41, 5.74) is 1.07. The number of amides is 1. The number of carbonyl (C=O) groups excluding carboxylic acids is 2. The molecule has 0 radical (unpaired) electrons. The standard InChI is InChI=1S/C21H29NO5/c1-4-14-26-16(2)21(24)27-15-20(23)22-13-7-5-6-8-19(22)17-9-11-18(25-3)12-10-17/h4,9-12,16,19H,1,5-8,13-15H2,2-3H3. The van der Waals surface area contributed by atoms with Gasteiger partial charge in [0.05, 0.1) is 19.8 Å². The van der Waals surface area contributed by atoms with Crippen LogP contribution in [0.15, 0.2) is 36.9 Å². The molecule has 1 aliphatic heterocycles. The van der Waals surface area contributed by atoms with Crippen molar-refractivity contribution in [3.63, 3.8) is 0 Å². The van der Waals surface area contributed by atoms with Crippen molar-refractivity contribution in [3.05, 3.63) is 42.5 Å². The molecule has 0 saturated carbocycles. The van der Waals surface area contributed by atoms with Crippen molar-refractivity contribution in [1.82, 2.24) is 4.90 Å². The first-order valence-electron chi connectivity index (χ1n) is 9.39. The van der Waals surface area contributed by atoms with Crippen LogP contribution >= 0.6 is 0 Å². The van der Waals surface area contributed by atoms with Gasteiger partial charge in [-0.2, -0.15) is 0 Å². The van der Waals surface area contributed by atoms with E-state index in [2.05, 4.69) is 6.58 Å². The van der Waals surface area contributed by atoms with E-state index < -0.39 is 12.1 Å². The number of benzene rings is 1. The largest absolute Gasteiger partial charge is 0.497 e. The Morgan fingerprint density at radius 1 is 1.26 bits per heavy atom. The fraction of sp³-hybridized carbons (Fsp3) is 0.524. The highest BCUT2D eigenvalue weighted by Crippen LogP contribution is 2.31. The zero-order chi connectivity index (χ0) is 19.6. The average Bonchev–Trinajstić information content (AvgIpc) is 2.96. The van der Waals surface area contributed by atoms with Crippen molar-refractivity contribution in [1.29, 1.82) is 0 Å². The summed E-state index contributed by atoms with van der Waals surface area (Å²) in [6, 6.07) is 7.78. The number of hydrogen-bond acceptors (Lipinski definition) is 5. The van der Waals surface area contributed by atoms with Gasteiger partial charge in [-0.05, 0) is 37.5 Å². The van der Waals surface area contributed by atoms with Crippen molar-refractivity contribution in [2.24, 2.45) is 0 Å².